The number of halogens is 1. The van der Waals surface area contributed by atoms with Crippen molar-refractivity contribution in [1.29, 1.82) is 0 Å². The summed E-state index contributed by atoms with van der Waals surface area (Å²) < 4.78 is 0. The fourth-order valence-electron chi connectivity index (χ4n) is 1.53. The average molecular weight is 262 g/mol. The summed E-state index contributed by atoms with van der Waals surface area (Å²) >= 11 is 5.88. The summed E-state index contributed by atoms with van der Waals surface area (Å²) in [5, 5.41) is 10.9. The SMILES string of the molecule is O=C(NCCc1cccc(Cl)c1)c1cccnn1. The molecule has 1 aromatic carbocycles. The maximum Gasteiger partial charge on any atom is 0.271 e. The van der Waals surface area contributed by atoms with Crippen molar-refractivity contribution in [2.45, 2.75) is 6.42 Å². The van der Waals surface area contributed by atoms with Crippen molar-refractivity contribution in [3.8, 4) is 0 Å². The maximum atomic E-state index is 11.7. The average Bonchev–Trinajstić information content (AvgIpc) is 2.40. The number of benzene rings is 1. The first kappa shape index (κ1) is 12.5. The second-order valence-corrected chi connectivity index (χ2v) is 4.18. The van der Waals surface area contributed by atoms with Gasteiger partial charge < -0.3 is 5.32 Å². The first-order valence-corrected chi connectivity index (χ1v) is 5.94. The van der Waals surface area contributed by atoms with Crippen molar-refractivity contribution in [3.63, 3.8) is 0 Å². The van der Waals surface area contributed by atoms with Crippen molar-refractivity contribution in [2.24, 2.45) is 0 Å². The first-order valence-electron chi connectivity index (χ1n) is 5.56. The van der Waals surface area contributed by atoms with E-state index in [2.05, 4.69) is 15.5 Å². The predicted octanol–water partition coefficient (Wildman–Crippen LogP) is 2.10. The topological polar surface area (TPSA) is 54.9 Å². The molecule has 1 heterocycles. The number of nitrogens with one attached hydrogen (secondary N) is 1. The Balaban J connectivity index is 1.84. The highest BCUT2D eigenvalue weighted by molar-refractivity contribution is 6.30. The number of nitrogens with zero attached hydrogens (tertiary/aromatic N) is 2. The zero-order valence-electron chi connectivity index (χ0n) is 9.64. The molecule has 4 nitrogen and oxygen atoms in total. The highest BCUT2D eigenvalue weighted by Gasteiger charge is 2.05. The Labute approximate surface area is 110 Å². The third kappa shape index (κ3) is 3.53. The van der Waals surface area contributed by atoms with Crippen LogP contribution in [0, 0.1) is 0 Å². The van der Waals surface area contributed by atoms with Gasteiger partial charge in [-0.25, -0.2) is 0 Å². The molecule has 0 fully saturated rings. The van der Waals surface area contributed by atoms with Crippen LogP contribution in [-0.2, 0) is 6.42 Å². The molecule has 1 amide bonds. The molecular weight excluding hydrogens is 250 g/mol. The van der Waals surface area contributed by atoms with Crippen molar-refractivity contribution >= 4 is 17.5 Å². The fraction of sp³-hybridized carbons (Fsp3) is 0.154. The maximum absolute atomic E-state index is 11.7. The van der Waals surface area contributed by atoms with E-state index < -0.39 is 0 Å². The van der Waals surface area contributed by atoms with Gasteiger partial charge in [-0.05, 0) is 36.2 Å². The Morgan fingerprint density at radius 3 is 2.89 bits per heavy atom. The molecule has 1 aromatic heterocycles. The van der Waals surface area contributed by atoms with Crippen LogP contribution < -0.4 is 5.32 Å². The zero-order chi connectivity index (χ0) is 12.8. The zero-order valence-corrected chi connectivity index (χ0v) is 10.4. The molecule has 5 heteroatoms. The number of hydrogen-bond donors (Lipinski definition) is 1. The number of rotatable bonds is 4. The molecule has 0 saturated carbocycles. The Morgan fingerprint density at radius 1 is 1.28 bits per heavy atom. The minimum absolute atomic E-state index is 0.217. The molecule has 1 N–H and O–H groups in total. The molecule has 0 bridgehead atoms. The quantitative estimate of drug-likeness (QED) is 0.917. The van der Waals surface area contributed by atoms with Crippen molar-refractivity contribution in [2.75, 3.05) is 6.54 Å². The molecule has 2 rings (SSSR count). The molecule has 0 spiro atoms. The van der Waals surface area contributed by atoms with Crippen LogP contribution in [0.15, 0.2) is 42.6 Å². The Hall–Kier alpha value is -1.94. The van der Waals surface area contributed by atoms with Crippen LogP contribution in [-0.4, -0.2) is 22.6 Å². The van der Waals surface area contributed by atoms with Gasteiger partial charge in [0.15, 0.2) is 5.69 Å². The van der Waals surface area contributed by atoms with Gasteiger partial charge in [0.1, 0.15) is 0 Å². The van der Waals surface area contributed by atoms with E-state index in [4.69, 9.17) is 11.6 Å². The molecule has 18 heavy (non-hydrogen) atoms. The monoisotopic (exact) mass is 261 g/mol. The van der Waals surface area contributed by atoms with Crippen LogP contribution in [0.4, 0.5) is 0 Å². The predicted molar refractivity (Wildman–Crippen MR) is 69.5 cm³/mol. The van der Waals surface area contributed by atoms with Crippen molar-refractivity contribution in [3.05, 3.63) is 58.9 Å². The number of carbonyl (C=O) groups is 1. The van der Waals surface area contributed by atoms with Crippen LogP contribution in [0.1, 0.15) is 16.1 Å². The van der Waals surface area contributed by atoms with E-state index in [0.717, 1.165) is 12.0 Å². The summed E-state index contributed by atoms with van der Waals surface area (Å²) in [7, 11) is 0. The van der Waals surface area contributed by atoms with Crippen LogP contribution in [0.3, 0.4) is 0 Å². The van der Waals surface area contributed by atoms with Gasteiger partial charge in [0.05, 0.1) is 0 Å². The van der Waals surface area contributed by atoms with Gasteiger partial charge in [0, 0.05) is 17.8 Å². The highest BCUT2D eigenvalue weighted by Crippen LogP contribution is 2.10. The second-order valence-electron chi connectivity index (χ2n) is 3.74. The summed E-state index contributed by atoms with van der Waals surface area (Å²) in [6.07, 6.45) is 2.26. The van der Waals surface area contributed by atoms with Gasteiger partial charge >= 0.3 is 0 Å². The molecule has 0 aliphatic heterocycles. The van der Waals surface area contributed by atoms with E-state index in [9.17, 15) is 4.79 Å². The smallest absolute Gasteiger partial charge is 0.271 e. The Morgan fingerprint density at radius 2 is 2.17 bits per heavy atom. The number of hydrogen-bond acceptors (Lipinski definition) is 3. The molecular formula is C13H12ClN3O. The van der Waals surface area contributed by atoms with E-state index in [1.54, 1.807) is 12.1 Å². The lowest BCUT2D eigenvalue weighted by Crippen LogP contribution is -2.26. The largest absolute Gasteiger partial charge is 0.350 e. The molecule has 0 saturated heterocycles. The van der Waals surface area contributed by atoms with Crippen molar-refractivity contribution in [1.82, 2.24) is 15.5 Å². The van der Waals surface area contributed by atoms with Crippen LogP contribution in [0.25, 0.3) is 0 Å². The lowest BCUT2D eigenvalue weighted by atomic mass is 10.1. The summed E-state index contributed by atoms with van der Waals surface area (Å²) in [4.78, 5) is 11.7. The van der Waals surface area contributed by atoms with E-state index >= 15 is 0 Å². The molecule has 0 atom stereocenters. The van der Waals surface area contributed by atoms with E-state index in [-0.39, 0.29) is 5.91 Å². The summed E-state index contributed by atoms with van der Waals surface area (Å²) in [6.45, 7) is 0.537. The Kier molecular flexibility index (Phi) is 4.25. The molecule has 0 radical (unpaired) electrons. The van der Waals surface area contributed by atoms with Gasteiger partial charge in [-0.3, -0.25) is 4.79 Å². The summed E-state index contributed by atoms with van der Waals surface area (Å²) in [5.74, 6) is -0.217. The lowest BCUT2D eigenvalue weighted by Gasteiger charge is -2.04. The van der Waals surface area contributed by atoms with E-state index in [1.807, 2.05) is 24.3 Å². The lowest BCUT2D eigenvalue weighted by molar-refractivity contribution is 0.0948. The number of aromatic nitrogens is 2. The van der Waals surface area contributed by atoms with Gasteiger partial charge in [0.2, 0.25) is 0 Å². The van der Waals surface area contributed by atoms with Gasteiger partial charge in [-0.1, -0.05) is 23.7 Å². The second kappa shape index (κ2) is 6.12. The number of carbonyl (C=O) groups excluding carboxylic acids is 1. The van der Waals surface area contributed by atoms with Gasteiger partial charge in [0.25, 0.3) is 5.91 Å². The molecule has 0 aliphatic carbocycles. The highest BCUT2D eigenvalue weighted by atomic mass is 35.5. The molecule has 92 valence electrons. The molecule has 2 aromatic rings. The normalized spacial score (nSPS) is 10.1. The minimum atomic E-state index is -0.217. The standard InChI is InChI=1S/C13H12ClN3O/c14-11-4-1-3-10(9-11)6-8-15-13(18)12-5-2-7-16-17-12/h1-5,7,9H,6,8H2,(H,15,18). The third-order valence-corrected chi connectivity index (χ3v) is 2.63. The van der Waals surface area contributed by atoms with Gasteiger partial charge in [-0.2, -0.15) is 5.10 Å². The van der Waals surface area contributed by atoms with Crippen molar-refractivity contribution < 1.29 is 4.79 Å². The Bertz CT molecular complexity index is 531. The molecule has 0 unspecified atom stereocenters. The van der Waals surface area contributed by atoms with E-state index in [1.165, 1.54) is 6.20 Å². The van der Waals surface area contributed by atoms with Crippen LogP contribution in [0.2, 0.25) is 5.02 Å². The van der Waals surface area contributed by atoms with E-state index in [0.29, 0.717) is 17.3 Å². The first-order chi connectivity index (χ1) is 8.75. The van der Waals surface area contributed by atoms with Crippen LogP contribution >= 0.6 is 11.6 Å². The number of amides is 1. The van der Waals surface area contributed by atoms with Crippen LogP contribution in [0.5, 0.6) is 0 Å². The molecule has 0 aliphatic rings. The summed E-state index contributed by atoms with van der Waals surface area (Å²) in [6, 6.07) is 10.9. The summed E-state index contributed by atoms with van der Waals surface area (Å²) in [5.41, 5.74) is 1.41. The third-order valence-electron chi connectivity index (χ3n) is 2.39. The fourth-order valence-corrected chi connectivity index (χ4v) is 1.74. The van der Waals surface area contributed by atoms with Gasteiger partial charge in [-0.15, -0.1) is 5.10 Å². The minimum Gasteiger partial charge on any atom is -0.350 e.